The van der Waals surface area contributed by atoms with E-state index in [1.807, 2.05) is 13.8 Å². The van der Waals surface area contributed by atoms with Gasteiger partial charge in [-0.15, -0.1) is 0 Å². The third kappa shape index (κ3) is 4.37. The Morgan fingerprint density at radius 2 is 1.69 bits per heavy atom. The van der Waals surface area contributed by atoms with E-state index in [4.69, 9.17) is 18.9 Å². The number of ether oxygens (including phenoxy) is 4. The SMILES string of the molecule is CCCOC(OC)(OCC)C(CCC)OC. The van der Waals surface area contributed by atoms with Gasteiger partial charge in [-0.05, 0) is 19.8 Å². The van der Waals surface area contributed by atoms with E-state index >= 15 is 0 Å². The summed E-state index contributed by atoms with van der Waals surface area (Å²) in [5.74, 6) is -1.06. The zero-order valence-electron chi connectivity index (χ0n) is 11.2. The molecule has 0 aromatic heterocycles. The Bertz CT molecular complexity index is 163. The predicted octanol–water partition coefficient (Wildman–Crippen LogP) is 2.56. The number of rotatable bonds is 10. The van der Waals surface area contributed by atoms with Crippen molar-refractivity contribution in [1.29, 1.82) is 0 Å². The summed E-state index contributed by atoms with van der Waals surface area (Å²) in [5, 5.41) is 0. The van der Waals surface area contributed by atoms with Crippen LogP contribution in [0.1, 0.15) is 40.0 Å². The van der Waals surface area contributed by atoms with Crippen molar-refractivity contribution < 1.29 is 18.9 Å². The van der Waals surface area contributed by atoms with Crippen molar-refractivity contribution >= 4 is 0 Å². The first-order valence-electron chi connectivity index (χ1n) is 6.06. The Kier molecular flexibility index (Phi) is 8.84. The molecule has 2 unspecified atom stereocenters. The molecule has 0 aliphatic heterocycles. The first-order chi connectivity index (χ1) is 7.70. The number of hydrogen-bond acceptors (Lipinski definition) is 4. The van der Waals surface area contributed by atoms with Gasteiger partial charge in [0.05, 0.1) is 6.61 Å². The minimum absolute atomic E-state index is 0.200. The average Bonchev–Trinajstić information content (AvgIpc) is 2.32. The first kappa shape index (κ1) is 15.8. The molecule has 0 aromatic carbocycles. The smallest absolute Gasteiger partial charge is 0.310 e. The Hall–Kier alpha value is -0.160. The third-order valence-electron chi connectivity index (χ3n) is 2.37. The summed E-state index contributed by atoms with van der Waals surface area (Å²) in [4.78, 5) is 0. The van der Waals surface area contributed by atoms with Crippen molar-refractivity contribution in [3.05, 3.63) is 0 Å². The highest BCUT2D eigenvalue weighted by molar-refractivity contribution is 4.71. The standard InChI is InChI=1S/C12H26O4/c1-6-9-11(13-4)12(14-5,15-8-3)16-10-7-2/h11H,6-10H2,1-5H3. The fraction of sp³-hybridized carbons (Fsp3) is 1.00. The summed E-state index contributed by atoms with van der Waals surface area (Å²) in [5.41, 5.74) is 0. The van der Waals surface area contributed by atoms with Gasteiger partial charge < -0.3 is 18.9 Å². The van der Waals surface area contributed by atoms with E-state index in [0.717, 1.165) is 19.3 Å². The highest BCUT2D eigenvalue weighted by Crippen LogP contribution is 2.25. The largest absolute Gasteiger partial charge is 0.373 e. The van der Waals surface area contributed by atoms with Crippen LogP contribution in [0.4, 0.5) is 0 Å². The van der Waals surface area contributed by atoms with Crippen LogP contribution in [0, 0.1) is 0 Å². The van der Waals surface area contributed by atoms with Gasteiger partial charge in [0.25, 0.3) is 0 Å². The monoisotopic (exact) mass is 234 g/mol. The molecule has 0 spiro atoms. The molecule has 98 valence electrons. The minimum Gasteiger partial charge on any atom is -0.373 e. The van der Waals surface area contributed by atoms with Gasteiger partial charge in [-0.25, -0.2) is 0 Å². The van der Waals surface area contributed by atoms with E-state index < -0.39 is 5.97 Å². The van der Waals surface area contributed by atoms with Crippen LogP contribution in [-0.4, -0.2) is 39.5 Å². The normalized spacial score (nSPS) is 17.1. The van der Waals surface area contributed by atoms with Crippen molar-refractivity contribution in [3.63, 3.8) is 0 Å². The maximum absolute atomic E-state index is 5.70. The summed E-state index contributed by atoms with van der Waals surface area (Å²) >= 11 is 0. The molecule has 0 amide bonds. The van der Waals surface area contributed by atoms with E-state index in [2.05, 4.69) is 6.92 Å². The van der Waals surface area contributed by atoms with Crippen LogP contribution in [0.25, 0.3) is 0 Å². The van der Waals surface area contributed by atoms with Gasteiger partial charge in [-0.3, -0.25) is 0 Å². The van der Waals surface area contributed by atoms with Crippen LogP contribution in [-0.2, 0) is 18.9 Å². The fourth-order valence-corrected chi connectivity index (χ4v) is 1.62. The average molecular weight is 234 g/mol. The van der Waals surface area contributed by atoms with Gasteiger partial charge in [0.1, 0.15) is 6.10 Å². The lowest BCUT2D eigenvalue weighted by atomic mass is 10.1. The molecule has 0 rings (SSSR count). The zero-order chi connectivity index (χ0) is 12.4. The van der Waals surface area contributed by atoms with Crippen LogP contribution in [0.3, 0.4) is 0 Å². The molecule has 0 aromatic rings. The van der Waals surface area contributed by atoms with Gasteiger partial charge in [0.2, 0.25) is 0 Å². The molecular formula is C12H26O4. The highest BCUT2D eigenvalue weighted by atomic mass is 16.9. The molecule has 0 heterocycles. The Morgan fingerprint density at radius 1 is 1.00 bits per heavy atom. The molecule has 0 aliphatic rings. The van der Waals surface area contributed by atoms with Gasteiger partial charge in [-0.1, -0.05) is 20.3 Å². The van der Waals surface area contributed by atoms with Crippen molar-refractivity contribution in [2.75, 3.05) is 27.4 Å². The lowest BCUT2D eigenvalue weighted by molar-refractivity contribution is -0.407. The quantitative estimate of drug-likeness (QED) is 0.544. The molecule has 0 N–H and O–H groups in total. The lowest BCUT2D eigenvalue weighted by Crippen LogP contribution is -2.50. The highest BCUT2D eigenvalue weighted by Gasteiger charge is 2.41. The maximum atomic E-state index is 5.70. The van der Waals surface area contributed by atoms with Crippen molar-refractivity contribution in [2.45, 2.75) is 52.1 Å². The molecule has 0 saturated heterocycles. The fourth-order valence-electron chi connectivity index (χ4n) is 1.62. The van der Waals surface area contributed by atoms with Gasteiger partial charge in [0.15, 0.2) is 0 Å². The van der Waals surface area contributed by atoms with E-state index in [0.29, 0.717) is 13.2 Å². The van der Waals surface area contributed by atoms with E-state index in [1.165, 1.54) is 0 Å². The second-order valence-electron chi connectivity index (χ2n) is 3.60. The number of methoxy groups -OCH3 is 2. The molecule has 0 aliphatic carbocycles. The predicted molar refractivity (Wildman–Crippen MR) is 63.3 cm³/mol. The van der Waals surface area contributed by atoms with Crippen LogP contribution >= 0.6 is 0 Å². The van der Waals surface area contributed by atoms with E-state index in [1.54, 1.807) is 14.2 Å². The summed E-state index contributed by atoms with van der Waals surface area (Å²) in [6, 6.07) is 0. The molecule has 16 heavy (non-hydrogen) atoms. The molecule has 0 fully saturated rings. The molecule has 4 heteroatoms. The maximum Gasteiger partial charge on any atom is 0.310 e. The van der Waals surface area contributed by atoms with Gasteiger partial charge in [-0.2, -0.15) is 0 Å². The van der Waals surface area contributed by atoms with Crippen LogP contribution in [0.5, 0.6) is 0 Å². The van der Waals surface area contributed by atoms with Crippen LogP contribution in [0.15, 0.2) is 0 Å². The minimum atomic E-state index is -1.06. The van der Waals surface area contributed by atoms with Gasteiger partial charge >= 0.3 is 5.97 Å². The summed E-state index contributed by atoms with van der Waals surface area (Å²) in [6.07, 6.45) is 2.55. The molecule has 0 radical (unpaired) electrons. The summed E-state index contributed by atoms with van der Waals surface area (Å²) in [6.45, 7) is 7.19. The molecule has 0 bridgehead atoms. The van der Waals surface area contributed by atoms with Crippen molar-refractivity contribution in [2.24, 2.45) is 0 Å². The topological polar surface area (TPSA) is 36.9 Å². The zero-order valence-corrected chi connectivity index (χ0v) is 11.2. The van der Waals surface area contributed by atoms with Gasteiger partial charge in [0, 0.05) is 20.8 Å². The molecule has 0 saturated carbocycles. The second kappa shape index (κ2) is 8.93. The van der Waals surface area contributed by atoms with Crippen LogP contribution < -0.4 is 0 Å². The van der Waals surface area contributed by atoms with Crippen LogP contribution in [0.2, 0.25) is 0 Å². The first-order valence-corrected chi connectivity index (χ1v) is 6.06. The lowest BCUT2D eigenvalue weighted by Gasteiger charge is -2.37. The summed E-state index contributed by atoms with van der Waals surface area (Å²) in [7, 11) is 3.25. The third-order valence-corrected chi connectivity index (χ3v) is 2.37. The molecule has 4 nitrogen and oxygen atoms in total. The van der Waals surface area contributed by atoms with Crippen molar-refractivity contribution in [1.82, 2.24) is 0 Å². The van der Waals surface area contributed by atoms with E-state index in [-0.39, 0.29) is 6.10 Å². The Labute approximate surface area is 99.2 Å². The molecular weight excluding hydrogens is 208 g/mol. The van der Waals surface area contributed by atoms with E-state index in [9.17, 15) is 0 Å². The molecule has 2 atom stereocenters. The second-order valence-corrected chi connectivity index (χ2v) is 3.60. The Balaban J connectivity index is 4.67. The number of hydrogen-bond donors (Lipinski definition) is 0. The van der Waals surface area contributed by atoms with Crippen molar-refractivity contribution in [3.8, 4) is 0 Å². The summed E-state index contributed by atoms with van der Waals surface area (Å²) < 4.78 is 22.2. The Morgan fingerprint density at radius 3 is 2.06 bits per heavy atom.